The van der Waals surface area contributed by atoms with Crippen LogP contribution in [0.1, 0.15) is 0 Å². The molecule has 84 valence electrons. The number of hydrogen-bond donors (Lipinski definition) is 0. The van der Waals surface area contributed by atoms with Crippen molar-refractivity contribution in [2.75, 3.05) is 0 Å². The maximum atomic E-state index is 5.95. The zero-order valence-electron chi connectivity index (χ0n) is 8.63. The largest absolute Gasteiger partial charge is 0.265 e. The summed E-state index contributed by atoms with van der Waals surface area (Å²) in [6, 6.07) is 9.72. The summed E-state index contributed by atoms with van der Waals surface area (Å²) in [6.07, 6.45) is 3.57. The van der Waals surface area contributed by atoms with E-state index in [1.54, 1.807) is 35.5 Å². The van der Waals surface area contributed by atoms with Gasteiger partial charge in [0.2, 0.25) is 0 Å². The maximum Gasteiger partial charge on any atom is 0.155 e. The van der Waals surface area contributed by atoms with Crippen LogP contribution in [-0.2, 0) is 0 Å². The fraction of sp³-hybridized carbons (Fsp3) is 0. The highest BCUT2D eigenvalue weighted by molar-refractivity contribution is 8.01. The lowest BCUT2D eigenvalue weighted by Gasteiger charge is -1.94. The number of pyridine rings is 1. The van der Waals surface area contributed by atoms with Gasteiger partial charge in [-0.3, -0.25) is 4.98 Å². The Labute approximate surface area is 112 Å². The first kappa shape index (κ1) is 11.0. The number of benzene rings is 1. The molecule has 5 heteroatoms. The van der Waals surface area contributed by atoms with E-state index in [0.29, 0.717) is 0 Å². The van der Waals surface area contributed by atoms with Crippen molar-refractivity contribution >= 4 is 44.9 Å². The van der Waals surface area contributed by atoms with Crippen molar-refractivity contribution < 1.29 is 0 Å². The van der Waals surface area contributed by atoms with Crippen LogP contribution in [0.5, 0.6) is 0 Å². The van der Waals surface area contributed by atoms with E-state index in [1.165, 1.54) is 0 Å². The average molecular weight is 279 g/mol. The molecule has 0 unspecified atom stereocenters. The molecule has 0 radical (unpaired) electrons. The quantitative estimate of drug-likeness (QED) is 0.690. The van der Waals surface area contributed by atoms with Gasteiger partial charge < -0.3 is 0 Å². The Kier molecular flexibility index (Phi) is 3.01. The summed E-state index contributed by atoms with van der Waals surface area (Å²) < 4.78 is 2.14. The molecule has 3 aromatic rings. The molecule has 0 aliphatic rings. The Morgan fingerprint density at radius 3 is 2.76 bits per heavy atom. The predicted molar refractivity (Wildman–Crippen MR) is 73.0 cm³/mol. The fourth-order valence-corrected chi connectivity index (χ4v) is 3.73. The van der Waals surface area contributed by atoms with Gasteiger partial charge in [-0.25, -0.2) is 4.98 Å². The Morgan fingerprint density at radius 1 is 1.12 bits per heavy atom. The summed E-state index contributed by atoms with van der Waals surface area (Å²) in [5.41, 5.74) is 0.996. The summed E-state index contributed by atoms with van der Waals surface area (Å²) in [5.74, 6) is 0. The van der Waals surface area contributed by atoms with E-state index in [1.807, 2.05) is 30.3 Å². The minimum absolute atomic E-state index is 0.751. The molecule has 17 heavy (non-hydrogen) atoms. The number of nitrogens with zero attached hydrogens (tertiary/aromatic N) is 2. The molecule has 0 spiro atoms. The molecule has 0 amide bonds. The van der Waals surface area contributed by atoms with Gasteiger partial charge in [-0.2, -0.15) is 0 Å². The molecule has 0 saturated heterocycles. The number of hydrogen-bond acceptors (Lipinski definition) is 4. The molecule has 0 aliphatic carbocycles. The van der Waals surface area contributed by atoms with Gasteiger partial charge >= 0.3 is 0 Å². The van der Waals surface area contributed by atoms with E-state index in [9.17, 15) is 0 Å². The number of aromatic nitrogens is 2. The molecule has 1 aromatic carbocycles. The first-order valence-electron chi connectivity index (χ1n) is 4.95. The average Bonchev–Trinajstić information content (AvgIpc) is 2.71. The lowest BCUT2D eigenvalue weighted by atomic mass is 10.3. The lowest BCUT2D eigenvalue weighted by molar-refractivity contribution is 1.25. The van der Waals surface area contributed by atoms with E-state index in [0.717, 1.165) is 24.5 Å². The van der Waals surface area contributed by atoms with E-state index in [4.69, 9.17) is 11.6 Å². The predicted octanol–water partition coefficient (Wildman–Crippen LogP) is 4.50. The third-order valence-corrected chi connectivity index (χ3v) is 4.51. The van der Waals surface area contributed by atoms with Crippen molar-refractivity contribution in [3.05, 3.63) is 47.7 Å². The van der Waals surface area contributed by atoms with Crippen molar-refractivity contribution in [2.24, 2.45) is 0 Å². The van der Waals surface area contributed by atoms with Crippen LogP contribution in [0.2, 0.25) is 5.02 Å². The van der Waals surface area contributed by atoms with Crippen LogP contribution in [0, 0.1) is 0 Å². The Hall–Kier alpha value is -1.10. The molecule has 0 aliphatic heterocycles. The van der Waals surface area contributed by atoms with Crippen LogP contribution >= 0.6 is 34.7 Å². The monoisotopic (exact) mass is 278 g/mol. The molecule has 0 fully saturated rings. The highest BCUT2D eigenvalue weighted by atomic mass is 35.5. The van der Waals surface area contributed by atoms with Gasteiger partial charge in [-0.15, -0.1) is 11.3 Å². The first-order valence-corrected chi connectivity index (χ1v) is 6.96. The fourth-order valence-electron chi connectivity index (χ4n) is 1.43. The standard InChI is InChI=1S/C12H7ClN2S2/c13-8-1-2-10-11(7-8)17-12(15-10)16-9-3-5-14-6-4-9/h1-7H. The molecular weight excluding hydrogens is 272 g/mol. The van der Waals surface area contributed by atoms with Crippen LogP contribution < -0.4 is 0 Å². The van der Waals surface area contributed by atoms with Gasteiger partial charge in [-0.05, 0) is 30.3 Å². The van der Waals surface area contributed by atoms with Crippen LogP contribution in [0.4, 0.5) is 0 Å². The third kappa shape index (κ3) is 2.44. The second kappa shape index (κ2) is 4.64. The Balaban J connectivity index is 1.96. The molecule has 0 atom stereocenters. The number of fused-ring (bicyclic) bond motifs is 1. The SMILES string of the molecule is Clc1ccc2nc(Sc3ccncc3)sc2c1. The van der Waals surface area contributed by atoms with Crippen molar-refractivity contribution in [2.45, 2.75) is 9.24 Å². The van der Waals surface area contributed by atoms with Crippen molar-refractivity contribution in [1.82, 2.24) is 9.97 Å². The molecule has 2 heterocycles. The number of halogens is 1. The second-order valence-corrected chi connectivity index (χ2v) is 6.16. The zero-order valence-corrected chi connectivity index (χ0v) is 11.0. The third-order valence-electron chi connectivity index (χ3n) is 2.19. The maximum absolute atomic E-state index is 5.95. The lowest BCUT2D eigenvalue weighted by Crippen LogP contribution is -1.73. The van der Waals surface area contributed by atoms with Gasteiger partial charge in [0, 0.05) is 22.3 Å². The van der Waals surface area contributed by atoms with Crippen molar-refractivity contribution in [3.63, 3.8) is 0 Å². The minimum atomic E-state index is 0.751. The van der Waals surface area contributed by atoms with Crippen LogP contribution in [-0.4, -0.2) is 9.97 Å². The van der Waals surface area contributed by atoms with Crippen LogP contribution in [0.3, 0.4) is 0 Å². The molecule has 0 saturated carbocycles. The summed E-state index contributed by atoms with van der Waals surface area (Å²) >= 11 is 9.25. The molecule has 0 N–H and O–H groups in total. The summed E-state index contributed by atoms with van der Waals surface area (Å²) in [6.45, 7) is 0. The van der Waals surface area contributed by atoms with Gasteiger partial charge in [0.1, 0.15) is 0 Å². The van der Waals surface area contributed by atoms with E-state index < -0.39 is 0 Å². The number of thiazole rings is 1. The number of rotatable bonds is 2. The molecule has 2 nitrogen and oxygen atoms in total. The smallest absolute Gasteiger partial charge is 0.155 e. The normalized spacial score (nSPS) is 10.9. The Morgan fingerprint density at radius 2 is 1.94 bits per heavy atom. The van der Waals surface area contributed by atoms with Crippen molar-refractivity contribution in [3.8, 4) is 0 Å². The molecule has 3 rings (SSSR count). The van der Waals surface area contributed by atoms with Crippen LogP contribution in [0.15, 0.2) is 52.0 Å². The first-order chi connectivity index (χ1) is 8.31. The van der Waals surface area contributed by atoms with Gasteiger partial charge in [0.25, 0.3) is 0 Å². The Bertz CT molecular complexity index is 652. The summed E-state index contributed by atoms with van der Waals surface area (Å²) in [5, 5.41) is 0.751. The summed E-state index contributed by atoms with van der Waals surface area (Å²) in [4.78, 5) is 9.69. The zero-order chi connectivity index (χ0) is 11.7. The minimum Gasteiger partial charge on any atom is -0.265 e. The highest BCUT2D eigenvalue weighted by Crippen LogP contribution is 2.34. The molecule has 0 bridgehead atoms. The van der Waals surface area contributed by atoms with Crippen molar-refractivity contribution in [1.29, 1.82) is 0 Å². The topological polar surface area (TPSA) is 25.8 Å². The summed E-state index contributed by atoms with van der Waals surface area (Å²) in [7, 11) is 0. The van der Waals surface area contributed by atoms with E-state index in [2.05, 4.69) is 9.97 Å². The highest BCUT2D eigenvalue weighted by Gasteiger charge is 2.05. The van der Waals surface area contributed by atoms with E-state index >= 15 is 0 Å². The molecule has 2 aromatic heterocycles. The van der Waals surface area contributed by atoms with E-state index in [-0.39, 0.29) is 0 Å². The molecular formula is C12H7ClN2S2. The van der Waals surface area contributed by atoms with Gasteiger partial charge in [0.05, 0.1) is 10.2 Å². The van der Waals surface area contributed by atoms with Gasteiger partial charge in [-0.1, -0.05) is 23.4 Å². The second-order valence-electron chi connectivity index (χ2n) is 3.38. The van der Waals surface area contributed by atoms with Gasteiger partial charge in [0.15, 0.2) is 4.34 Å². The van der Waals surface area contributed by atoms with Crippen LogP contribution in [0.25, 0.3) is 10.2 Å².